The van der Waals surface area contributed by atoms with E-state index < -0.39 is 0 Å². The highest BCUT2D eigenvalue weighted by molar-refractivity contribution is 5.72. The van der Waals surface area contributed by atoms with Crippen molar-refractivity contribution in [3.05, 3.63) is 0 Å². The molecule has 0 spiro atoms. The van der Waals surface area contributed by atoms with Crippen LogP contribution in [0.4, 0.5) is 0 Å². The maximum atomic E-state index is 11.9. The zero-order valence-corrected chi connectivity index (χ0v) is 13.5. The summed E-state index contributed by atoms with van der Waals surface area (Å²) < 4.78 is 5.40. The van der Waals surface area contributed by atoms with Gasteiger partial charge in [-0.05, 0) is 25.2 Å². The summed E-state index contributed by atoms with van der Waals surface area (Å²) in [6, 6.07) is 0. The quantitative estimate of drug-likeness (QED) is 0.353. The molecule has 2 heteroatoms. The lowest BCUT2D eigenvalue weighted by molar-refractivity contribution is -0.149. The first-order valence-corrected chi connectivity index (χ1v) is 8.28. The van der Waals surface area contributed by atoms with Crippen LogP contribution in [0.25, 0.3) is 0 Å². The first-order chi connectivity index (χ1) is 9.11. The fourth-order valence-corrected chi connectivity index (χ4v) is 2.38. The molecule has 0 aromatic rings. The number of esters is 1. The van der Waals surface area contributed by atoms with Crippen LogP contribution >= 0.6 is 0 Å². The van der Waals surface area contributed by atoms with Gasteiger partial charge in [-0.15, -0.1) is 0 Å². The molecule has 0 saturated carbocycles. The minimum Gasteiger partial charge on any atom is -0.465 e. The number of hydrogen-bond acceptors (Lipinski definition) is 2. The molecule has 0 atom stereocenters. The molecule has 0 N–H and O–H groups in total. The van der Waals surface area contributed by atoms with E-state index in [-0.39, 0.29) is 11.9 Å². The third kappa shape index (κ3) is 11.0. The Labute approximate surface area is 120 Å². The van der Waals surface area contributed by atoms with E-state index in [9.17, 15) is 4.79 Å². The molecule has 0 aliphatic rings. The predicted molar refractivity (Wildman–Crippen MR) is 82.2 cm³/mol. The second kappa shape index (κ2) is 12.5. The summed E-state index contributed by atoms with van der Waals surface area (Å²) in [7, 11) is 0. The lowest BCUT2D eigenvalue weighted by atomic mass is 9.99. The zero-order valence-electron chi connectivity index (χ0n) is 13.5. The van der Waals surface area contributed by atoms with Crippen molar-refractivity contribution in [2.24, 2.45) is 11.8 Å². The Morgan fingerprint density at radius 2 is 1.47 bits per heavy atom. The van der Waals surface area contributed by atoms with Crippen LogP contribution in [-0.4, -0.2) is 12.6 Å². The molecule has 0 aromatic heterocycles. The van der Waals surface area contributed by atoms with Crippen LogP contribution in [0.2, 0.25) is 0 Å². The normalized spacial score (nSPS) is 11.3. The van der Waals surface area contributed by atoms with E-state index in [0.29, 0.717) is 6.61 Å². The molecule has 0 bridgehead atoms. The monoisotopic (exact) mass is 270 g/mol. The fourth-order valence-electron chi connectivity index (χ4n) is 2.38. The highest BCUT2D eigenvalue weighted by Gasteiger charge is 2.17. The molecule has 19 heavy (non-hydrogen) atoms. The van der Waals surface area contributed by atoms with Gasteiger partial charge in [0.15, 0.2) is 0 Å². The second-order valence-corrected chi connectivity index (χ2v) is 6.04. The smallest absolute Gasteiger partial charge is 0.308 e. The number of rotatable bonds is 12. The van der Waals surface area contributed by atoms with Crippen molar-refractivity contribution in [3.8, 4) is 0 Å². The van der Waals surface area contributed by atoms with Crippen LogP contribution in [-0.2, 0) is 9.53 Å². The van der Waals surface area contributed by atoms with E-state index in [1.165, 1.54) is 25.7 Å². The number of ether oxygens (including phenoxy) is 1. The third-order valence-corrected chi connectivity index (χ3v) is 3.53. The van der Waals surface area contributed by atoms with Gasteiger partial charge in [0, 0.05) is 0 Å². The summed E-state index contributed by atoms with van der Waals surface area (Å²) >= 11 is 0. The molecule has 114 valence electrons. The molecular formula is C17H34O2. The van der Waals surface area contributed by atoms with Gasteiger partial charge in [0.25, 0.3) is 0 Å². The van der Waals surface area contributed by atoms with E-state index in [0.717, 1.165) is 38.0 Å². The lowest BCUT2D eigenvalue weighted by Gasteiger charge is -2.14. The Hall–Kier alpha value is -0.530. The lowest BCUT2D eigenvalue weighted by Crippen LogP contribution is -2.18. The SMILES string of the molecule is CCCC(CCC)C(=O)OCCCCCCC(C)C. The topological polar surface area (TPSA) is 26.3 Å². The van der Waals surface area contributed by atoms with Crippen LogP contribution in [0.1, 0.15) is 85.5 Å². The van der Waals surface area contributed by atoms with Gasteiger partial charge in [0.1, 0.15) is 0 Å². The zero-order chi connectivity index (χ0) is 14.5. The Morgan fingerprint density at radius 1 is 0.895 bits per heavy atom. The van der Waals surface area contributed by atoms with Crippen molar-refractivity contribution in [2.75, 3.05) is 6.61 Å². The van der Waals surface area contributed by atoms with Crippen molar-refractivity contribution < 1.29 is 9.53 Å². The van der Waals surface area contributed by atoms with Gasteiger partial charge >= 0.3 is 5.97 Å². The molecule has 0 unspecified atom stereocenters. The first-order valence-electron chi connectivity index (χ1n) is 8.28. The number of carbonyl (C=O) groups is 1. The van der Waals surface area contributed by atoms with Gasteiger partial charge in [0.2, 0.25) is 0 Å². The van der Waals surface area contributed by atoms with E-state index in [1.807, 2.05) is 0 Å². The van der Waals surface area contributed by atoms with Crippen molar-refractivity contribution in [1.82, 2.24) is 0 Å². The third-order valence-electron chi connectivity index (χ3n) is 3.53. The molecule has 0 rings (SSSR count). The fraction of sp³-hybridized carbons (Fsp3) is 0.941. The second-order valence-electron chi connectivity index (χ2n) is 6.04. The summed E-state index contributed by atoms with van der Waals surface area (Å²) in [5, 5.41) is 0. The Kier molecular flexibility index (Phi) is 12.2. The summed E-state index contributed by atoms with van der Waals surface area (Å²) in [4.78, 5) is 11.9. The van der Waals surface area contributed by atoms with Crippen molar-refractivity contribution in [2.45, 2.75) is 85.5 Å². The summed E-state index contributed by atoms with van der Waals surface area (Å²) in [6.45, 7) is 9.41. The molecule has 0 aromatic carbocycles. The average molecular weight is 270 g/mol. The van der Waals surface area contributed by atoms with Gasteiger partial charge in [0.05, 0.1) is 12.5 Å². The van der Waals surface area contributed by atoms with Gasteiger partial charge in [-0.3, -0.25) is 4.79 Å². The van der Waals surface area contributed by atoms with Crippen LogP contribution in [0.5, 0.6) is 0 Å². The maximum absolute atomic E-state index is 11.9. The minimum atomic E-state index is 0.0332. The predicted octanol–water partition coefficient (Wildman–Crippen LogP) is 5.35. The molecule has 2 nitrogen and oxygen atoms in total. The number of carbonyl (C=O) groups excluding carboxylic acids is 1. The molecule has 0 aliphatic heterocycles. The van der Waals surface area contributed by atoms with Crippen LogP contribution in [0, 0.1) is 11.8 Å². The van der Waals surface area contributed by atoms with E-state index in [4.69, 9.17) is 4.74 Å². The van der Waals surface area contributed by atoms with E-state index >= 15 is 0 Å². The Balaban J connectivity index is 3.55. The highest BCUT2D eigenvalue weighted by Crippen LogP contribution is 2.16. The largest absolute Gasteiger partial charge is 0.465 e. The van der Waals surface area contributed by atoms with E-state index in [1.54, 1.807) is 0 Å². The highest BCUT2D eigenvalue weighted by atomic mass is 16.5. The number of unbranched alkanes of at least 4 members (excludes halogenated alkanes) is 3. The molecule has 0 fully saturated rings. The van der Waals surface area contributed by atoms with Crippen LogP contribution < -0.4 is 0 Å². The van der Waals surface area contributed by atoms with Gasteiger partial charge < -0.3 is 4.74 Å². The standard InChI is InChI=1S/C17H34O2/c1-5-11-16(12-6-2)17(18)19-14-10-8-7-9-13-15(3)4/h15-16H,5-14H2,1-4H3. The molecule has 0 radical (unpaired) electrons. The summed E-state index contributed by atoms with van der Waals surface area (Å²) in [6.07, 6.45) is 10.2. The van der Waals surface area contributed by atoms with Gasteiger partial charge in [-0.2, -0.15) is 0 Å². The maximum Gasteiger partial charge on any atom is 0.308 e. The molecule has 0 aliphatic carbocycles. The van der Waals surface area contributed by atoms with Crippen molar-refractivity contribution >= 4 is 5.97 Å². The van der Waals surface area contributed by atoms with Crippen molar-refractivity contribution in [3.63, 3.8) is 0 Å². The van der Waals surface area contributed by atoms with E-state index in [2.05, 4.69) is 27.7 Å². The molecule has 0 heterocycles. The molecular weight excluding hydrogens is 236 g/mol. The van der Waals surface area contributed by atoms with Gasteiger partial charge in [-0.1, -0.05) is 66.2 Å². The Morgan fingerprint density at radius 3 is 2.00 bits per heavy atom. The summed E-state index contributed by atoms with van der Waals surface area (Å²) in [5.74, 6) is 0.975. The molecule has 0 saturated heterocycles. The Bertz CT molecular complexity index is 205. The van der Waals surface area contributed by atoms with Crippen LogP contribution in [0.15, 0.2) is 0 Å². The minimum absolute atomic E-state index is 0.0332. The summed E-state index contributed by atoms with van der Waals surface area (Å²) in [5.41, 5.74) is 0. The van der Waals surface area contributed by atoms with Crippen molar-refractivity contribution in [1.29, 1.82) is 0 Å². The first kappa shape index (κ1) is 18.5. The number of hydrogen-bond donors (Lipinski definition) is 0. The van der Waals surface area contributed by atoms with Crippen LogP contribution in [0.3, 0.4) is 0 Å². The average Bonchev–Trinajstić information content (AvgIpc) is 2.36. The molecule has 0 amide bonds. The van der Waals surface area contributed by atoms with Gasteiger partial charge in [-0.25, -0.2) is 0 Å².